The average molecular weight is 245 g/mol. The van der Waals surface area contributed by atoms with E-state index in [1.54, 1.807) is 18.2 Å². The summed E-state index contributed by atoms with van der Waals surface area (Å²) in [6, 6.07) is 12.8. The highest BCUT2D eigenvalue weighted by atomic mass is 19.1. The van der Waals surface area contributed by atoms with Crippen molar-refractivity contribution in [3.05, 3.63) is 54.3 Å². The van der Waals surface area contributed by atoms with E-state index in [9.17, 15) is 9.18 Å². The van der Waals surface area contributed by atoms with Crippen LogP contribution in [0.5, 0.6) is 5.75 Å². The molecule has 2 rings (SSSR count). The number of hydrogen-bond donors (Lipinski definition) is 0. The van der Waals surface area contributed by atoms with Crippen LogP contribution < -0.4 is 9.64 Å². The molecule has 2 aromatic rings. The first-order chi connectivity index (χ1) is 8.76. The van der Waals surface area contributed by atoms with Crippen molar-refractivity contribution in [1.82, 2.24) is 0 Å². The van der Waals surface area contributed by atoms with Gasteiger partial charge < -0.3 is 4.74 Å². The molecular formula is C14H12FNO2. The summed E-state index contributed by atoms with van der Waals surface area (Å²) in [6.07, 6.45) is 0.672. The lowest BCUT2D eigenvalue weighted by Gasteiger charge is -2.19. The molecule has 0 fully saturated rings. The number of methoxy groups -OCH3 is 1. The standard InChI is InChI=1S/C14H12FNO2/c1-18-14-5-3-2-4-13(14)16(10-17)12-8-6-11(15)7-9-12/h2-10H,1H3. The number of carbonyl (C=O) groups excluding carboxylic acids is 1. The van der Waals surface area contributed by atoms with Crippen molar-refractivity contribution in [3.63, 3.8) is 0 Å². The smallest absolute Gasteiger partial charge is 0.218 e. The fourth-order valence-corrected chi connectivity index (χ4v) is 1.69. The number of rotatable bonds is 4. The number of hydrogen-bond acceptors (Lipinski definition) is 2. The Kier molecular flexibility index (Phi) is 3.57. The summed E-state index contributed by atoms with van der Waals surface area (Å²) in [4.78, 5) is 12.6. The molecule has 0 atom stereocenters. The van der Waals surface area contributed by atoms with Gasteiger partial charge in [0, 0.05) is 5.69 Å². The molecule has 18 heavy (non-hydrogen) atoms. The van der Waals surface area contributed by atoms with Crippen molar-refractivity contribution < 1.29 is 13.9 Å². The third-order valence-electron chi connectivity index (χ3n) is 2.55. The molecule has 2 aromatic carbocycles. The highest BCUT2D eigenvalue weighted by molar-refractivity contribution is 5.88. The van der Waals surface area contributed by atoms with Crippen LogP contribution in [0.3, 0.4) is 0 Å². The largest absolute Gasteiger partial charge is 0.495 e. The fourth-order valence-electron chi connectivity index (χ4n) is 1.69. The van der Waals surface area contributed by atoms with E-state index in [0.29, 0.717) is 23.5 Å². The van der Waals surface area contributed by atoms with Crippen LogP contribution in [0.2, 0.25) is 0 Å². The van der Waals surface area contributed by atoms with Gasteiger partial charge in [0.25, 0.3) is 0 Å². The third kappa shape index (κ3) is 2.32. The van der Waals surface area contributed by atoms with Crippen molar-refractivity contribution in [2.45, 2.75) is 0 Å². The van der Waals surface area contributed by atoms with E-state index < -0.39 is 0 Å². The first-order valence-electron chi connectivity index (χ1n) is 5.39. The molecule has 0 aromatic heterocycles. The maximum atomic E-state index is 12.9. The zero-order valence-electron chi connectivity index (χ0n) is 9.84. The maximum absolute atomic E-state index is 12.9. The first-order valence-corrected chi connectivity index (χ1v) is 5.39. The van der Waals surface area contributed by atoms with Gasteiger partial charge in [-0.05, 0) is 36.4 Å². The molecule has 0 heterocycles. The van der Waals surface area contributed by atoms with E-state index in [1.807, 2.05) is 6.07 Å². The zero-order chi connectivity index (χ0) is 13.0. The van der Waals surface area contributed by atoms with Crippen molar-refractivity contribution in [1.29, 1.82) is 0 Å². The van der Waals surface area contributed by atoms with Crippen LogP contribution in [0.25, 0.3) is 0 Å². The first kappa shape index (κ1) is 12.1. The minimum absolute atomic E-state index is 0.343. The van der Waals surface area contributed by atoms with Gasteiger partial charge in [-0.1, -0.05) is 12.1 Å². The van der Waals surface area contributed by atoms with E-state index in [4.69, 9.17) is 4.74 Å². The minimum Gasteiger partial charge on any atom is -0.495 e. The molecule has 0 saturated heterocycles. The summed E-state index contributed by atoms with van der Waals surface area (Å²) in [5, 5.41) is 0. The van der Waals surface area contributed by atoms with Gasteiger partial charge in [-0.2, -0.15) is 0 Å². The molecule has 3 nitrogen and oxygen atoms in total. The van der Waals surface area contributed by atoms with Crippen molar-refractivity contribution in [2.24, 2.45) is 0 Å². The van der Waals surface area contributed by atoms with Gasteiger partial charge in [0.15, 0.2) is 0 Å². The molecule has 0 N–H and O–H groups in total. The van der Waals surface area contributed by atoms with Crippen LogP contribution in [0.15, 0.2) is 48.5 Å². The quantitative estimate of drug-likeness (QED) is 0.774. The van der Waals surface area contributed by atoms with E-state index in [0.717, 1.165) is 0 Å². The molecule has 0 saturated carbocycles. The molecule has 0 aliphatic carbocycles. The highest BCUT2D eigenvalue weighted by Gasteiger charge is 2.12. The van der Waals surface area contributed by atoms with Crippen LogP contribution in [-0.2, 0) is 4.79 Å². The number of benzene rings is 2. The summed E-state index contributed by atoms with van der Waals surface area (Å²) in [5.74, 6) is 0.235. The molecule has 0 unspecified atom stereocenters. The Morgan fingerprint density at radius 1 is 1.11 bits per heavy atom. The summed E-state index contributed by atoms with van der Waals surface area (Å²) < 4.78 is 18.1. The summed E-state index contributed by atoms with van der Waals surface area (Å²) in [5.41, 5.74) is 1.19. The van der Waals surface area contributed by atoms with Gasteiger partial charge in [-0.3, -0.25) is 9.69 Å². The van der Waals surface area contributed by atoms with Gasteiger partial charge in [-0.15, -0.1) is 0 Å². The lowest BCUT2D eigenvalue weighted by Crippen LogP contribution is -2.14. The zero-order valence-corrected chi connectivity index (χ0v) is 9.84. The number of para-hydroxylation sites is 2. The fraction of sp³-hybridized carbons (Fsp3) is 0.0714. The van der Waals surface area contributed by atoms with Crippen LogP contribution in [-0.4, -0.2) is 13.5 Å². The molecule has 0 radical (unpaired) electrons. The van der Waals surface area contributed by atoms with Crippen LogP contribution >= 0.6 is 0 Å². The second-order valence-corrected chi connectivity index (χ2v) is 3.62. The highest BCUT2D eigenvalue weighted by Crippen LogP contribution is 2.32. The Morgan fingerprint density at radius 2 is 1.78 bits per heavy atom. The lowest BCUT2D eigenvalue weighted by atomic mass is 10.2. The van der Waals surface area contributed by atoms with E-state index >= 15 is 0 Å². The minimum atomic E-state index is -0.343. The van der Waals surface area contributed by atoms with Gasteiger partial charge in [0.05, 0.1) is 12.8 Å². The Hall–Kier alpha value is -2.36. The average Bonchev–Trinajstić information content (AvgIpc) is 2.42. The lowest BCUT2D eigenvalue weighted by molar-refractivity contribution is -0.106. The Bertz CT molecular complexity index is 540. The molecule has 0 aliphatic rings. The third-order valence-corrected chi connectivity index (χ3v) is 2.55. The molecule has 0 aliphatic heterocycles. The van der Waals surface area contributed by atoms with Crippen molar-refractivity contribution in [3.8, 4) is 5.75 Å². The number of carbonyl (C=O) groups is 1. The van der Waals surface area contributed by atoms with E-state index in [-0.39, 0.29) is 5.82 Å². The number of nitrogens with zero attached hydrogens (tertiary/aromatic N) is 1. The molecule has 0 spiro atoms. The summed E-state index contributed by atoms with van der Waals surface area (Å²) in [7, 11) is 1.53. The molecule has 92 valence electrons. The van der Waals surface area contributed by atoms with E-state index in [2.05, 4.69) is 0 Å². The van der Waals surface area contributed by atoms with Crippen molar-refractivity contribution >= 4 is 17.8 Å². The number of ether oxygens (including phenoxy) is 1. The van der Waals surface area contributed by atoms with Crippen LogP contribution in [0, 0.1) is 5.82 Å². The predicted molar refractivity (Wildman–Crippen MR) is 67.6 cm³/mol. The van der Waals surface area contributed by atoms with Gasteiger partial charge in [-0.25, -0.2) is 4.39 Å². The molecular weight excluding hydrogens is 233 g/mol. The number of anilines is 2. The maximum Gasteiger partial charge on any atom is 0.218 e. The monoisotopic (exact) mass is 245 g/mol. The Labute approximate surface area is 104 Å². The molecule has 1 amide bonds. The second-order valence-electron chi connectivity index (χ2n) is 3.62. The van der Waals surface area contributed by atoms with Gasteiger partial charge in [0.1, 0.15) is 11.6 Å². The van der Waals surface area contributed by atoms with E-state index in [1.165, 1.54) is 36.3 Å². The van der Waals surface area contributed by atoms with Gasteiger partial charge >= 0.3 is 0 Å². The van der Waals surface area contributed by atoms with Crippen LogP contribution in [0.4, 0.5) is 15.8 Å². The Balaban J connectivity index is 2.45. The Morgan fingerprint density at radius 3 is 2.39 bits per heavy atom. The van der Waals surface area contributed by atoms with Gasteiger partial charge in [0.2, 0.25) is 6.41 Å². The predicted octanol–water partition coefficient (Wildman–Crippen LogP) is 3.13. The SMILES string of the molecule is COc1ccccc1N(C=O)c1ccc(F)cc1. The summed E-state index contributed by atoms with van der Waals surface area (Å²) >= 11 is 0. The van der Waals surface area contributed by atoms with Crippen molar-refractivity contribution in [2.75, 3.05) is 12.0 Å². The number of amides is 1. The summed E-state index contributed by atoms with van der Waals surface area (Å²) in [6.45, 7) is 0. The second kappa shape index (κ2) is 5.31. The number of halogens is 1. The van der Waals surface area contributed by atoms with Crippen LogP contribution in [0.1, 0.15) is 0 Å². The normalized spacial score (nSPS) is 9.89. The molecule has 0 bridgehead atoms. The topological polar surface area (TPSA) is 29.5 Å². The molecule has 4 heteroatoms.